The first-order valence-electron chi connectivity index (χ1n) is 11.3. The average Bonchev–Trinajstić information content (AvgIpc) is 2.75. The molecular formula is C27H31N3O. The van der Waals surface area contributed by atoms with Gasteiger partial charge in [0.2, 0.25) is 0 Å². The SMILES string of the molecule is CN(C)Cc1ccccc1-c1ccc2n(c1=O)C[C@H]1C[C@@H]2CN(Cc2ccccc2)C1. The largest absolute Gasteiger partial charge is 0.311 e. The van der Waals surface area contributed by atoms with Crippen molar-refractivity contribution in [1.82, 2.24) is 14.4 Å². The second-order valence-corrected chi connectivity index (χ2v) is 9.46. The maximum Gasteiger partial charge on any atom is 0.258 e. The minimum absolute atomic E-state index is 0.176. The number of pyridine rings is 1. The zero-order valence-corrected chi connectivity index (χ0v) is 18.5. The molecule has 0 amide bonds. The second-order valence-electron chi connectivity index (χ2n) is 9.46. The fraction of sp³-hybridized carbons (Fsp3) is 0.370. The molecule has 2 aliphatic heterocycles. The van der Waals surface area contributed by atoms with Crippen LogP contribution >= 0.6 is 0 Å². The molecule has 1 aromatic heterocycles. The molecule has 2 bridgehead atoms. The van der Waals surface area contributed by atoms with E-state index in [4.69, 9.17) is 0 Å². The van der Waals surface area contributed by atoms with Gasteiger partial charge in [0.25, 0.3) is 5.56 Å². The van der Waals surface area contributed by atoms with Crippen LogP contribution < -0.4 is 5.56 Å². The minimum atomic E-state index is 0.176. The number of piperidine rings is 1. The molecule has 5 rings (SSSR count). The van der Waals surface area contributed by atoms with E-state index in [1.54, 1.807) is 0 Å². The van der Waals surface area contributed by atoms with Crippen LogP contribution in [-0.2, 0) is 19.6 Å². The highest BCUT2D eigenvalue weighted by atomic mass is 16.1. The molecular weight excluding hydrogens is 382 g/mol. The molecule has 2 aliphatic rings. The van der Waals surface area contributed by atoms with Crippen LogP contribution in [0.4, 0.5) is 0 Å². The standard InChI is InChI=1S/C27H31N3O/c1-28(2)18-22-10-6-7-11-24(22)25-12-13-26-23-14-21(17-30(26)27(25)31)16-29(19-23)15-20-8-4-3-5-9-20/h3-13,21,23H,14-19H2,1-2H3/t21-,23+/m0/s1. The van der Waals surface area contributed by atoms with Crippen LogP contribution in [0, 0.1) is 5.92 Å². The summed E-state index contributed by atoms with van der Waals surface area (Å²) in [6.07, 6.45) is 1.20. The minimum Gasteiger partial charge on any atom is -0.311 e. The Bertz CT molecular complexity index is 1120. The third kappa shape index (κ3) is 4.10. The number of hydrogen-bond donors (Lipinski definition) is 0. The second kappa shape index (κ2) is 8.45. The molecule has 3 aromatic rings. The van der Waals surface area contributed by atoms with Crippen molar-refractivity contribution >= 4 is 0 Å². The highest BCUT2D eigenvalue weighted by Crippen LogP contribution is 2.36. The smallest absolute Gasteiger partial charge is 0.258 e. The van der Waals surface area contributed by atoms with Gasteiger partial charge in [-0.1, -0.05) is 54.6 Å². The van der Waals surface area contributed by atoms with Crippen LogP contribution in [-0.4, -0.2) is 41.6 Å². The fourth-order valence-corrected chi connectivity index (χ4v) is 5.48. The van der Waals surface area contributed by atoms with Gasteiger partial charge in [-0.3, -0.25) is 9.69 Å². The first kappa shape index (κ1) is 20.2. The zero-order chi connectivity index (χ0) is 21.4. The molecule has 0 aliphatic carbocycles. The Morgan fingerprint density at radius 1 is 0.871 bits per heavy atom. The number of rotatable bonds is 5. The Hall–Kier alpha value is -2.69. The van der Waals surface area contributed by atoms with E-state index in [1.807, 2.05) is 6.07 Å². The Morgan fingerprint density at radius 2 is 1.65 bits per heavy atom. The molecule has 1 saturated heterocycles. The summed E-state index contributed by atoms with van der Waals surface area (Å²) >= 11 is 0. The lowest BCUT2D eigenvalue weighted by Crippen LogP contribution is -2.46. The van der Waals surface area contributed by atoms with Crippen LogP contribution in [0.15, 0.2) is 71.5 Å². The van der Waals surface area contributed by atoms with Gasteiger partial charge >= 0.3 is 0 Å². The predicted molar refractivity (Wildman–Crippen MR) is 126 cm³/mol. The van der Waals surface area contributed by atoms with Crippen molar-refractivity contribution in [2.24, 2.45) is 5.92 Å². The molecule has 160 valence electrons. The van der Waals surface area contributed by atoms with E-state index in [0.717, 1.165) is 43.9 Å². The lowest BCUT2D eigenvalue weighted by molar-refractivity contribution is 0.114. The summed E-state index contributed by atoms with van der Waals surface area (Å²) in [5.74, 6) is 0.981. The van der Waals surface area contributed by atoms with Crippen molar-refractivity contribution in [2.45, 2.75) is 32.0 Å². The molecule has 0 N–H and O–H groups in total. The van der Waals surface area contributed by atoms with Gasteiger partial charge in [0.15, 0.2) is 0 Å². The molecule has 0 saturated carbocycles. The van der Waals surface area contributed by atoms with Crippen molar-refractivity contribution < 1.29 is 0 Å². The monoisotopic (exact) mass is 413 g/mol. The lowest BCUT2D eigenvalue weighted by Gasteiger charge is -2.43. The Labute approximate surface area is 184 Å². The van der Waals surface area contributed by atoms with E-state index >= 15 is 0 Å². The molecule has 2 atom stereocenters. The molecule has 3 heterocycles. The van der Waals surface area contributed by atoms with Gasteiger partial charge in [-0.25, -0.2) is 0 Å². The first-order chi connectivity index (χ1) is 15.1. The summed E-state index contributed by atoms with van der Waals surface area (Å²) in [5, 5.41) is 0. The van der Waals surface area contributed by atoms with Crippen LogP contribution in [0.5, 0.6) is 0 Å². The maximum atomic E-state index is 13.6. The Kier molecular flexibility index (Phi) is 5.51. The van der Waals surface area contributed by atoms with Gasteiger partial charge < -0.3 is 9.47 Å². The van der Waals surface area contributed by atoms with E-state index in [1.165, 1.54) is 23.2 Å². The summed E-state index contributed by atoms with van der Waals surface area (Å²) in [6.45, 7) is 4.75. The van der Waals surface area contributed by atoms with Gasteiger partial charge in [0.05, 0.1) is 0 Å². The van der Waals surface area contributed by atoms with Gasteiger partial charge in [-0.05, 0) is 55.3 Å². The quantitative estimate of drug-likeness (QED) is 0.628. The molecule has 0 unspecified atom stereocenters. The summed E-state index contributed by atoms with van der Waals surface area (Å²) in [7, 11) is 4.14. The highest BCUT2D eigenvalue weighted by molar-refractivity contribution is 5.66. The van der Waals surface area contributed by atoms with Crippen molar-refractivity contribution in [3.63, 3.8) is 0 Å². The number of nitrogens with zero attached hydrogens (tertiary/aromatic N) is 3. The highest BCUT2D eigenvalue weighted by Gasteiger charge is 2.35. The molecule has 4 nitrogen and oxygen atoms in total. The predicted octanol–water partition coefficient (Wildman–Crippen LogP) is 4.20. The molecule has 4 heteroatoms. The third-order valence-corrected chi connectivity index (χ3v) is 6.72. The maximum absolute atomic E-state index is 13.6. The van der Waals surface area contributed by atoms with E-state index in [-0.39, 0.29) is 5.56 Å². The summed E-state index contributed by atoms with van der Waals surface area (Å²) < 4.78 is 2.08. The van der Waals surface area contributed by atoms with Crippen LogP contribution in [0.2, 0.25) is 0 Å². The van der Waals surface area contributed by atoms with Gasteiger partial charge in [0.1, 0.15) is 0 Å². The van der Waals surface area contributed by atoms with Gasteiger partial charge in [0, 0.05) is 49.9 Å². The number of fused-ring (bicyclic) bond motifs is 4. The molecule has 1 fully saturated rings. The first-order valence-corrected chi connectivity index (χ1v) is 11.3. The Balaban J connectivity index is 1.45. The van der Waals surface area contributed by atoms with Crippen molar-refractivity contribution in [3.8, 4) is 11.1 Å². The van der Waals surface area contributed by atoms with Crippen LogP contribution in [0.3, 0.4) is 0 Å². The van der Waals surface area contributed by atoms with Gasteiger partial charge in [-0.2, -0.15) is 0 Å². The number of aromatic nitrogens is 1. The van der Waals surface area contributed by atoms with E-state index in [0.29, 0.717) is 11.8 Å². The van der Waals surface area contributed by atoms with Crippen LogP contribution in [0.1, 0.15) is 29.2 Å². The van der Waals surface area contributed by atoms with Crippen molar-refractivity contribution in [2.75, 3.05) is 27.2 Å². The molecule has 31 heavy (non-hydrogen) atoms. The van der Waals surface area contributed by atoms with Crippen molar-refractivity contribution in [1.29, 1.82) is 0 Å². The van der Waals surface area contributed by atoms with Gasteiger partial charge in [-0.15, -0.1) is 0 Å². The van der Waals surface area contributed by atoms with Crippen molar-refractivity contribution in [3.05, 3.63) is 93.9 Å². The zero-order valence-electron chi connectivity index (χ0n) is 18.5. The third-order valence-electron chi connectivity index (χ3n) is 6.72. The average molecular weight is 414 g/mol. The Morgan fingerprint density at radius 3 is 2.45 bits per heavy atom. The van der Waals surface area contributed by atoms with E-state index < -0.39 is 0 Å². The summed E-state index contributed by atoms with van der Waals surface area (Å²) in [5.41, 5.74) is 5.87. The molecule has 0 radical (unpaired) electrons. The topological polar surface area (TPSA) is 28.5 Å². The fourth-order valence-electron chi connectivity index (χ4n) is 5.48. The summed E-state index contributed by atoms with van der Waals surface area (Å²) in [6, 6.07) is 23.3. The number of hydrogen-bond acceptors (Lipinski definition) is 3. The lowest BCUT2D eigenvalue weighted by atomic mass is 9.82. The number of likely N-dealkylation sites (tertiary alicyclic amines) is 1. The summed E-state index contributed by atoms with van der Waals surface area (Å²) in [4.78, 5) is 18.3. The number of benzene rings is 2. The van der Waals surface area contributed by atoms with E-state index in [2.05, 4.69) is 89.1 Å². The van der Waals surface area contributed by atoms with Crippen LogP contribution in [0.25, 0.3) is 11.1 Å². The normalized spacial score (nSPS) is 20.6. The van der Waals surface area contributed by atoms with E-state index in [9.17, 15) is 4.79 Å². The molecule has 2 aromatic carbocycles. The molecule has 0 spiro atoms.